The quantitative estimate of drug-likeness (QED) is 0.389. The van der Waals surface area contributed by atoms with Crippen molar-refractivity contribution in [3.8, 4) is 5.88 Å². The Morgan fingerprint density at radius 1 is 1.10 bits per heavy atom. The average Bonchev–Trinajstić information content (AvgIpc) is 2.45. The van der Waals surface area contributed by atoms with Gasteiger partial charge in [0.15, 0.2) is 0 Å². The number of hydrogen-bond donors (Lipinski definition) is 2. The molecule has 0 spiro atoms. The number of ether oxygens (including phenoxy) is 2. The lowest BCUT2D eigenvalue weighted by Gasteiger charge is -2.12. The highest BCUT2D eigenvalue weighted by Crippen LogP contribution is 2.21. The van der Waals surface area contributed by atoms with Crippen LogP contribution in [0.5, 0.6) is 5.88 Å². The maximum Gasteiger partial charge on any atom is 0.221 e. The minimum absolute atomic E-state index is 0.483. The number of aryl methyl sites for hydroxylation is 1. The Hall–Kier alpha value is -1.40. The molecule has 0 aromatic carbocycles. The SMILES string of the molecule is CCCCOCCOc1nc(CCC)nc(NN)c1C. The lowest BCUT2D eigenvalue weighted by Crippen LogP contribution is -2.15. The fraction of sp³-hybridized carbons (Fsp3) is 0.714. The zero-order valence-electron chi connectivity index (χ0n) is 12.7. The van der Waals surface area contributed by atoms with E-state index in [1.807, 2.05) is 6.92 Å². The average molecular weight is 282 g/mol. The summed E-state index contributed by atoms with van der Waals surface area (Å²) in [6.07, 6.45) is 4.00. The molecule has 0 aliphatic heterocycles. The molecular formula is C14H26N4O2. The number of nitrogens with one attached hydrogen (secondary N) is 1. The van der Waals surface area contributed by atoms with Crippen molar-refractivity contribution in [3.05, 3.63) is 11.4 Å². The van der Waals surface area contributed by atoms with Gasteiger partial charge in [0.05, 0.1) is 12.2 Å². The van der Waals surface area contributed by atoms with Gasteiger partial charge in [-0.2, -0.15) is 4.98 Å². The Kier molecular flexibility index (Phi) is 7.91. The van der Waals surface area contributed by atoms with E-state index in [2.05, 4.69) is 29.2 Å². The number of hydrazine groups is 1. The molecule has 114 valence electrons. The summed E-state index contributed by atoms with van der Waals surface area (Å²) >= 11 is 0. The molecule has 0 fully saturated rings. The molecule has 1 aromatic rings. The van der Waals surface area contributed by atoms with Gasteiger partial charge in [-0.15, -0.1) is 0 Å². The molecule has 0 atom stereocenters. The number of rotatable bonds is 10. The molecule has 0 radical (unpaired) electrons. The molecule has 1 rings (SSSR count). The van der Waals surface area contributed by atoms with Gasteiger partial charge >= 0.3 is 0 Å². The monoisotopic (exact) mass is 282 g/mol. The van der Waals surface area contributed by atoms with Crippen LogP contribution in [-0.2, 0) is 11.2 Å². The van der Waals surface area contributed by atoms with Gasteiger partial charge in [-0.3, -0.25) is 0 Å². The first kappa shape index (κ1) is 16.7. The van der Waals surface area contributed by atoms with Crippen LogP contribution in [0.15, 0.2) is 0 Å². The number of unbranched alkanes of at least 4 members (excludes halogenated alkanes) is 1. The summed E-state index contributed by atoms with van der Waals surface area (Å²) in [5, 5.41) is 0. The van der Waals surface area contributed by atoms with Crippen molar-refractivity contribution >= 4 is 5.82 Å². The van der Waals surface area contributed by atoms with Crippen LogP contribution in [0.25, 0.3) is 0 Å². The molecular weight excluding hydrogens is 256 g/mol. The molecule has 6 nitrogen and oxygen atoms in total. The van der Waals surface area contributed by atoms with Gasteiger partial charge < -0.3 is 14.9 Å². The largest absolute Gasteiger partial charge is 0.475 e. The molecule has 1 aromatic heterocycles. The predicted octanol–water partition coefficient (Wildman–Crippen LogP) is 2.22. The fourth-order valence-corrected chi connectivity index (χ4v) is 1.70. The van der Waals surface area contributed by atoms with Gasteiger partial charge in [0.25, 0.3) is 0 Å². The number of anilines is 1. The van der Waals surface area contributed by atoms with Crippen LogP contribution in [-0.4, -0.2) is 29.8 Å². The Morgan fingerprint density at radius 2 is 1.90 bits per heavy atom. The van der Waals surface area contributed by atoms with E-state index in [1.165, 1.54) is 0 Å². The lowest BCUT2D eigenvalue weighted by molar-refractivity contribution is 0.0961. The van der Waals surface area contributed by atoms with Crippen LogP contribution < -0.4 is 16.0 Å². The van der Waals surface area contributed by atoms with Crippen LogP contribution in [0.1, 0.15) is 44.5 Å². The van der Waals surface area contributed by atoms with Crippen LogP contribution in [0.3, 0.4) is 0 Å². The maximum atomic E-state index is 5.67. The molecule has 0 unspecified atom stereocenters. The van der Waals surface area contributed by atoms with Gasteiger partial charge in [-0.1, -0.05) is 20.3 Å². The highest BCUT2D eigenvalue weighted by molar-refractivity contribution is 5.47. The Balaban J connectivity index is 2.56. The number of nitrogen functional groups attached to an aromatic ring is 1. The van der Waals surface area contributed by atoms with E-state index in [1.54, 1.807) is 0 Å². The van der Waals surface area contributed by atoms with Crippen molar-refractivity contribution in [1.82, 2.24) is 9.97 Å². The molecule has 20 heavy (non-hydrogen) atoms. The fourth-order valence-electron chi connectivity index (χ4n) is 1.70. The summed E-state index contributed by atoms with van der Waals surface area (Å²) in [4.78, 5) is 8.77. The van der Waals surface area contributed by atoms with Crippen LogP contribution in [0.2, 0.25) is 0 Å². The van der Waals surface area contributed by atoms with E-state index in [0.29, 0.717) is 24.9 Å². The smallest absolute Gasteiger partial charge is 0.221 e. The van der Waals surface area contributed by atoms with Gasteiger partial charge in [-0.25, -0.2) is 10.8 Å². The van der Waals surface area contributed by atoms with Gasteiger partial charge in [0.2, 0.25) is 5.88 Å². The van der Waals surface area contributed by atoms with E-state index in [0.717, 1.165) is 43.7 Å². The molecule has 1 heterocycles. The highest BCUT2D eigenvalue weighted by Gasteiger charge is 2.11. The van der Waals surface area contributed by atoms with E-state index in [9.17, 15) is 0 Å². The molecule has 0 saturated heterocycles. The second kappa shape index (κ2) is 9.50. The third-order valence-electron chi connectivity index (χ3n) is 2.87. The summed E-state index contributed by atoms with van der Waals surface area (Å²) in [7, 11) is 0. The minimum Gasteiger partial charge on any atom is -0.475 e. The Bertz CT molecular complexity index is 399. The highest BCUT2D eigenvalue weighted by atomic mass is 16.5. The van der Waals surface area contributed by atoms with Crippen molar-refractivity contribution < 1.29 is 9.47 Å². The third-order valence-corrected chi connectivity index (χ3v) is 2.87. The molecule has 0 bridgehead atoms. The molecule has 0 aliphatic rings. The van der Waals surface area contributed by atoms with Gasteiger partial charge in [0, 0.05) is 13.0 Å². The van der Waals surface area contributed by atoms with Crippen molar-refractivity contribution in [2.75, 3.05) is 25.2 Å². The first-order valence-electron chi connectivity index (χ1n) is 7.27. The summed E-state index contributed by atoms with van der Waals surface area (Å²) in [5.74, 6) is 7.41. The van der Waals surface area contributed by atoms with Gasteiger partial charge in [0.1, 0.15) is 18.2 Å². The first-order valence-corrected chi connectivity index (χ1v) is 7.27. The molecule has 0 amide bonds. The van der Waals surface area contributed by atoms with Gasteiger partial charge in [-0.05, 0) is 19.8 Å². The number of hydrogen-bond acceptors (Lipinski definition) is 6. The summed E-state index contributed by atoms with van der Waals surface area (Å²) in [6, 6.07) is 0. The van der Waals surface area contributed by atoms with Crippen molar-refractivity contribution in [2.45, 2.75) is 46.5 Å². The topological polar surface area (TPSA) is 82.3 Å². The van der Waals surface area contributed by atoms with E-state index in [-0.39, 0.29) is 0 Å². The molecule has 0 aliphatic carbocycles. The van der Waals surface area contributed by atoms with Crippen LogP contribution in [0.4, 0.5) is 5.82 Å². The first-order chi connectivity index (χ1) is 9.72. The predicted molar refractivity (Wildman–Crippen MR) is 79.8 cm³/mol. The van der Waals surface area contributed by atoms with E-state index in [4.69, 9.17) is 15.3 Å². The number of nitrogens with two attached hydrogens (primary N) is 1. The standard InChI is InChI=1S/C14H26N4O2/c1-4-6-8-19-9-10-20-14-11(3)13(18-15)16-12(17-14)7-5-2/h4-10,15H2,1-3H3,(H,16,17,18). The molecule has 6 heteroatoms. The van der Waals surface area contributed by atoms with Crippen LogP contribution in [0, 0.1) is 6.92 Å². The zero-order chi connectivity index (χ0) is 14.8. The molecule has 3 N–H and O–H groups in total. The maximum absolute atomic E-state index is 5.67. The summed E-state index contributed by atoms with van der Waals surface area (Å²) < 4.78 is 11.1. The van der Waals surface area contributed by atoms with E-state index < -0.39 is 0 Å². The third kappa shape index (κ3) is 5.30. The lowest BCUT2D eigenvalue weighted by atomic mass is 10.3. The molecule has 0 saturated carbocycles. The minimum atomic E-state index is 0.483. The van der Waals surface area contributed by atoms with Crippen molar-refractivity contribution in [2.24, 2.45) is 5.84 Å². The number of nitrogens with zero attached hydrogens (tertiary/aromatic N) is 2. The van der Waals surface area contributed by atoms with Crippen molar-refractivity contribution in [1.29, 1.82) is 0 Å². The number of aromatic nitrogens is 2. The Morgan fingerprint density at radius 3 is 2.55 bits per heavy atom. The Labute approximate surface area is 121 Å². The summed E-state index contributed by atoms with van der Waals surface area (Å²) in [6.45, 7) is 7.94. The normalized spacial score (nSPS) is 10.6. The summed E-state index contributed by atoms with van der Waals surface area (Å²) in [5.41, 5.74) is 3.41. The van der Waals surface area contributed by atoms with Crippen molar-refractivity contribution in [3.63, 3.8) is 0 Å². The second-order valence-electron chi connectivity index (χ2n) is 4.63. The van der Waals surface area contributed by atoms with Crippen LogP contribution >= 0.6 is 0 Å². The zero-order valence-corrected chi connectivity index (χ0v) is 12.7. The van der Waals surface area contributed by atoms with E-state index >= 15 is 0 Å². The second-order valence-corrected chi connectivity index (χ2v) is 4.63.